The summed E-state index contributed by atoms with van der Waals surface area (Å²) in [4.78, 5) is 4.03. The number of hydrogen-bond acceptors (Lipinski definition) is 4. The van der Waals surface area contributed by atoms with Crippen molar-refractivity contribution in [3.05, 3.63) is 54.4 Å². The Morgan fingerprint density at radius 1 is 1.29 bits per heavy atom. The lowest BCUT2D eigenvalue weighted by molar-refractivity contribution is 0.355. The van der Waals surface area contributed by atoms with E-state index < -0.39 is 10.0 Å². The first kappa shape index (κ1) is 15.5. The molecular formula is C15H18N2O3S. The molecule has 1 N–H and O–H groups in total. The lowest BCUT2D eigenvalue weighted by Gasteiger charge is -2.27. The maximum Gasteiger partial charge on any atom is 0.245 e. The van der Waals surface area contributed by atoms with E-state index in [4.69, 9.17) is 0 Å². The van der Waals surface area contributed by atoms with Crippen molar-refractivity contribution >= 4 is 10.0 Å². The van der Waals surface area contributed by atoms with Crippen LogP contribution in [0.5, 0.6) is 5.75 Å². The van der Waals surface area contributed by atoms with Crippen LogP contribution in [-0.2, 0) is 10.0 Å². The predicted molar refractivity (Wildman–Crippen MR) is 80.3 cm³/mol. The topological polar surface area (TPSA) is 70.5 Å². The second-order valence-electron chi connectivity index (χ2n) is 4.67. The van der Waals surface area contributed by atoms with Crippen molar-refractivity contribution in [1.82, 2.24) is 9.29 Å². The Kier molecular flexibility index (Phi) is 4.59. The number of hydrogen-bond donors (Lipinski definition) is 1. The Morgan fingerprint density at radius 3 is 2.62 bits per heavy atom. The molecule has 0 saturated carbocycles. The van der Waals surface area contributed by atoms with E-state index in [-0.39, 0.29) is 16.7 Å². The van der Waals surface area contributed by atoms with E-state index in [2.05, 4.69) is 4.98 Å². The molecule has 0 saturated heterocycles. The number of phenolic OH excluding ortho intramolecular Hbond substituents is 1. The average Bonchev–Trinajstić information content (AvgIpc) is 2.48. The van der Waals surface area contributed by atoms with E-state index in [1.165, 1.54) is 22.8 Å². The van der Waals surface area contributed by atoms with Gasteiger partial charge in [0.1, 0.15) is 10.6 Å². The van der Waals surface area contributed by atoms with Crippen molar-refractivity contribution in [3.63, 3.8) is 0 Å². The Balaban J connectivity index is 2.40. The van der Waals surface area contributed by atoms with Crippen molar-refractivity contribution in [2.45, 2.75) is 24.8 Å². The molecule has 2 aromatic rings. The van der Waals surface area contributed by atoms with Gasteiger partial charge < -0.3 is 5.11 Å². The molecule has 1 aromatic carbocycles. The van der Waals surface area contributed by atoms with Crippen molar-refractivity contribution < 1.29 is 13.5 Å². The van der Waals surface area contributed by atoms with Crippen LogP contribution in [0.15, 0.2) is 53.7 Å². The fourth-order valence-electron chi connectivity index (χ4n) is 2.24. The van der Waals surface area contributed by atoms with Gasteiger partial charge in [0.05, 0.1) is 0 Å². The summed E-state index contributed by atoms with van der Waals surface area (Å²) in [5, 5.41) is 9.56. The van der Waals surface area contributed by atoms with E-state index in [1.54, 1.807) is 44.2 Å². The second-order valence-corrected chi connectivity index (χ2v) is 6.56. The third-order valence-electron chi connectivity index (χ3n) is 3.34. The van der Waals surface area contributed by atoms with Crippen molar-refractivity contribution in [1.29, 1.82) is 0 Å². The number of benzene rings is 1. The van der Waals surface area contributed by atoms with Gasteiger partial charge in [-0.3, -0.25) is 4.98 Å². The van der Waals surface area contributed by atoms with Crippen molar-refractivity contribution in [2.75, 3.05) is 6.54 Å². The van der Waals surface area contributed by atoms with Crippen molar-refractivity contribution in [3.8, 4) is 5.75 Å². The quantitative estimate of drug-likeness (QED) is 0.921. The molecule has 0 spiro atoms. The van der Waals surface area contributed by atoms with Gasteiger partial charge in [-0.1, -0.05) is 19.1 Å². The number of pyridine rings is 1. The average molecular weight is 306 g/mol. The number of rotatable bonds is 5. The number of phenols is 1. The highest BCUT2D eigenvalue weighted by atomic mass is 32.2. The standard InChI is InChI=1S/C15H18N2O3S/c1-3-17(12(2)13-6-4-7-14(18)10-13)21(19,20)15-8-5-9-16-11-15/h4-12,18H,3H2,1-2H3/t12-/m0/s1. The molecule has 112 valence electrons. The van der Waals surface area contributed by atoms with Gasteiger partial charge in [0.25, 0.3) is 0 Å². The van der Waals surface area contributed by atoms with Crippen LogP contribution < -0.4 is 0 Å². The van der Waals surface area contributed by atoms with E-state index in [1.807, 2.05) is 0 Å². The first-order valence-corrected chi connectivity index (χ1v) is 8.11. The maximum absolute atomic E-state index is 12.7. The van der Waals surface area contributed by atoms with Gasteiger partial charge in [-0.2, -0.15) is 4.31 Å². The van der Waals surface area contributed by atoms with E-state index in [0.29, 0.717) is 6.54 Å². The van der Waals surface area contributed by atoms with Gasteiger partial charge in [-0.15, -0.1) is 0 Å². The molecule has 0 fully saturated rings. The van der Waals surface area contributed by atoms with E-state index in [9.17, 15) is 13.5 Å². The normalized spacial score (nSPS) is 13.3. The van der Waals surface area contributed by atoms with Crippen LogP contribution in [0.25, 0.3) is 0 Å². The summed E-state index contributed by atoms with van der Waals surface area (Å²) in [7, 11) is -3.62. The Morgan fingerprint density at radius 2 is 2.05 bits per heavy atom. The third-order valence-corrected chi connectivity index (χ3v) is 5.37. The predicted octanol–water partition coefficient (Wildman–Crippen LogP) is 2.56. The zero-order chi connectivity index (χ0) is 15.5. The highest BCUT2D eigenvalue weighted by Crippen LogP contribution is 2.28. The van der Waals surface area contributed by atoms with E-state index >= 15 is 0 Å². The Hall–Kier alpha value is -1.92. The molecule has 0 aliphatic rings. The zero-order valence-corrected chi connectivity index (χ0v) is 12.8. The van der Waals surface area contributed by atoms with Crippen LogP contribution in [0.1, 0.15) is 25.5 Å². The number of aromatic nitrogens is 1. The summed E-state index contributed by atoms with van der Waals surface area (Å²) < 4.78 is 26.8. The molecule has 0 amide bonds. The summed E-state index contributed by atoms with van der Waals surface area (Å²) in [5.41, 5.74) is 0.740. The first-order valence-electron chi connectivity index (χ1n) is 6.67. The molecule has 6 heteroatoms. The molecule has 0 aliphatic heterocycles. The van der Waals surface area contributed by atoms with Gasteiger partial charge in [-0.05, 0) is 36.8 Å². The van der Waals surface area contributed by atoms with Gasteiger partial charge in [0.2, 0.25) is 10.0 Å². The maximum atomic E-state index is 12.7. The minimum atomic E-state index is -3.62. The summed E-state index contributed by atoms with van der Waals surface area (Å²) in [6, 6.07) is 9.37. The van der Waals surface area contributed by atoms with Crippen LogP contribution in [0, 0.1) is 0 Å². The summed E-state index contributed by atoms with van der Waals surface area (Å²) >= 11 is 0. The van der Waals surface area contributed by atoms with Crippen molar-refractivity contribution in [2.24, 2.45) is 0 Å². The van der Waals surface area contributed by atoms with Crippen LogP contribution in [0.2, 0.25) is 0 Å². The molecule has 0 bridgehead atoms. The fraction of sp³-hybridized carbons (Fsp3) is 0.267. The lowest BCUT2D eigenvalue weighted by atomic mass is 10.1. The summed E-state index contributed by atoms with van der Waals surface area (Å²) in [6.07, 6.45) is 2.88. The molecule has 0 radical (unpaired) electrons. The minimum Gasteiger partial charge on any atom is -0.508 e. The third kappa shape index (κ3) is 3.22. The smallest absolute Gasteiger partial charge is 0.245 e. The first-order chi connectivity index (χ1) is 9.96. The number of nitrogens with zero attached hydrogens (tertiary/aromatic N) is 2. The van der Waals surface area contributed by atoms with Gasteiger partial charge >= 0.3 is 0 Å². The molecule has 1 atom stereocenters. The highest BCUT2D eigenvalue weighted by Gasteiger charge is 2.28. The SMILES string of the molecule is CCN([C@@H](C)c1cccc(O)c1)S(=O)(=O)c1cccnc1. The molecular weight excluding hydrogens is 288 g/mol. The lowest BCUT2D eigenvalue weighted by Crippen LogP contribution is -2.33. The Bertz CT molecular complexity index is 702. The van der Waals surface area contributed by atoms with Crippen LogP contribution >= 0.6 is 0 Å². The molecule has 0 unspecified atom stereocenters. The summed E-state index contributed by atoms with van der Waals surface area (Å²) in [5.74, 6) is 0.120. The van der Waals surface area contributed by atoms with Crippen LogP contribution in [0.4, 0.5) is 0 Å². The molecule has 1 aromatic heterocycles. The van der Waals surface area contributed by atoms with Gasteiger partial charge in [-0.25, -0.2) is 8.42 Å². The monoisotopic (exact) mass is 306 g/mol. The van der Waals surface area contributed by atoms with Crippen LogP contribution in [-0.4, -0.2) is 29.4 Å². The molecule has 21 heavy (non-hydrogen) atoms. The van der Waals surface area contributed by atoms with Gasteiger partial charge in [0, 0.05) is 25.0 Å². The molecule has 0 aliphatic carbocycles. The van der Waals surface area contributed by atoms with Gasteiger partial charge in [0.15, 0.2) is 0 Å². The summed E-state index contributed by atoms with van der Waals surface area (Å²) in [6.45, 7) is 3.91. The van der Waals surface area contributed by atoms with Crippen LogP contribution in [0.3, 0.4) is 0 Å². The second kappa shape index (κ2) is 6.24. The Labute approximate surface area is 124 Å². The largest absolute Gasteiger partial charge is 0.508 e. The zero-order valence-electron chi connectivity index (χ0n) is 12.0. The highest BCUT2D eigenvalue weighted by molar-refractivity contribution is 7.89. The minimum absolute atomic E-state index is 0.120. The molecule has 1 heterocycles. The fourth-order valence-corrected chi connectivity index (χ4v) is 3.83. The number of aromatic hydroxyl groups is 1. The number of sulfonamides is 1. The molecule has 2 rings (SSSR count). The molecule has 5 nitrogen and oxygen atoms in total. The van der Waals surface area contributed by atoms with E-state index in [0.717, 1.165) is 5.56 Å².